The van der Waals surface area contributed by atoms with E-state index in [1.807, 2.05) is 0 Å². The van der Waals surface area contributed by atoms with E-state index < -0.39 is 17.8 Å². The lowest BCUT2D eigenvalue weighted by Crippen LogP contribution is -2.39. The number of thiophene rings is 1. The zero-order valence-corrected chi connectivity index (χ0v) is 11.3. The third-order valence-electron chi connectivity index (χ3n) is 2.54. The fourth-order valence-electron chi connectivity index (χ4n) is 1.36. The minimum Gasteiger partial charge on any atom is -0.481 e. The van der Waals surface area contributed by atoms with Crippen LogP contribution in [-0.2, 0) is 9.59 Å². The molecule has 1 heterocycles. The lowest BCUT2D eigenvalue weighted by atomic mass is 10.1. The summed E-state index contributed by atoms with van der Waals surface area (Å²) in [6.07, 6.45) is 0.442. The highest BCUT2D eigenvalue weighted by molar-refractivity contribution is 7.12. The zero-order chi connectivity index (χ0) is 14.3. The van der Waals surface area contributed by atoms with Crippen molar-refractivity contribution in [2.24, 2.45) is 5.92 Å². The van der Waals surface area contributed by atoms with Gasteiger partial charge < -0.3 is 15.7 Å². The van der Waals surface area contributed by atoms with Crippen molar-refractivity contribution in [3.05, 3.63) is 22.4 Å². The Balaban J connectivity index is 2.28. The largest absolute Gasteiger partial charge is 0.481 e. The van der Waals surface area contributed by atoms with Crippen molar-refractivity contribution in [1.29, 1.82) is 0 Å². The first-order valence-corrected chi connectivity index (χ1v) is 6.73. The molecule has 0 saturated heterocycles. The van der Waals surface area contributed by atoms with E-state index in [9.17, 15) is 14.4 Å². The molecule has 1 rings (SSSR count). The Labute approximate surface area is 114 Å². The molecular weight excluding hydrogens is 268 g/mol. The lowest BCUT2D eigenvalue weighted by Gasteiger charge is -2.11. The normalized spacial score (nSPS) is 11.6. The minimum atomic E-state index is -0.939. The second-order valence-corrected chi connectivity index (χ2v) is 4.86. The van der Waals surface area contributed by atoms with Gasteiger partial charge in [-0.3, -0.25) is 14.4 Å². The van der Waals surface area contributed by atoms with Crippen LogP contribution in [0.4, 0.5) is 0 Å². The summed E-state index contributed by atoms with van der Waals surface area (Å²) in [4.78, 5) is 34.3. The molecule has 0 aliphatic heterocycles. The van der Waals surface area contributed by atoms with Gasteiger partial charge in [-0.1, -0.05) is 13.0 Å². The topological polar surface area (TPSA) is 95.5 Å². The average Bonchev–Trinajstić information content (AvgIpc) is 2.90. The van der Waals surface area contributed by atoms with E-state index >= 15 is 0 Å². The van der Waals surface area contributed by atoms with Crippen LogP contribution in [0.25, 0.3) is 0 Å². The summed E-state index contributed by atoms with van der Waals surface area (Å²) in [5.41, 5.74) is 0. The smallest absolute Gasteiger partial charge is 0.308 e. The monoisotopic (exact) mass is 284 g/mol. The minimum absolute atomic E-state index is 0.0690. The molecule has 6 nitrogen and oxygen atoms in total. The summed E-state index contributed by atoms with van der Waals surface area (Å²) < 4.78 is 0. The summed E-state index contributed by atoms with van der Waals surface area (Å²) in [6.45, 7) is 1.65. The number of hydrogen-bond acceptors (Lipinski definition) is 4. The average molecular weight is 284 g/mol. The van der Waals surface area contributed by atoms with Gasteiger partial charge >= 0.3 is 5.97 Å². The van der Waals surface area contributed by atoms with E-state index in [2.05, 4.69) is 10.6 Å². The summed E-state index contributed by atoms with van der Waals surface area (Å²) >= 11 is 1.29. The number of carboxylic acids is 1. The fraction of sp³-hybridized carbons (Fsp3) is 0.417. The van der Waals surface area contributed by atoms with Crippen LogP contribution in [0, 0.1) is 5.92 Å². The van der Waals surface area contributed by atoms with E-state index in [1.165, 1.54) is 11.3 Å². The van der Waals surface area contributed by atoms with Crippen LogP contribution in [-0.4, -0.2) is 36.0 Å². The molecule has 1 atom stereocenters. The second kappa shape index (κ2) is 7.52. The highest BCUT2D eigenvalue weighted by Gasteiger charge is 2.16. The summed E-state index contributed by atoms with van der Waals surface area (Å²) in [6, 6.07) is 3.41. The van der Waals surface area contributed by atoms with E-state index in [1.54, 1.807) is 24.4 Å². The number of nitrogens with one attached hydrogen (secondary N) is 2. The van der Waals surface area contributed by atoms with Crippen LogP contribution in [0.2, 0.25) is 0 Å². The van der Waals surface area contributed by atoms with Gasteiger partial charge in [-0.2, -0.15) is 0 Å². The number of carbonyl (C=O) groups excluding carboxylic acids is 2. The third kappa shape index (κ3) is 5.09. The molecule has 0 aliphatic rings. The molecule has 0 aromatic carbocycles. The third-order valence-corrected chi connectivity index (χ3v) is 3.41. The van der Waals surface area contributed by atoms with Gasteiger partial charge in [0.2, 0.25) is 5.91 Å². The Morgan fingerprint density at radius 2 is 2.11 bits per heavy atom. The first-order valence-electron chi connectivity index (χ1n) is 5.85. The zero-order valence-electron chi connectivity index (χ0n) is 10.5. The predicted molar refractivity (Wildman–Crippen MR) is 71.1 cm³/mol. The molecule has 0 fully saturated rings. The summed E-state index contributed by atoms with van der Waals surface area (Å²) in [5.74, 6) is -2.25. The first kappa shape index (κ1) is 15.2. The summed E-state index contributed by atoms with van der Waals surface area (Å²) in [7, 11) is 0. The standard InChI is InChI=1S/C12H16N2O4S/c1-2-8(12(17)18)6-13-10(15)7-14-11(16)9-4-3-5-19-9/h3-5,8H,2,6-7H2,1H3,(H,13,15)(H,14,16)(H,17,18). The molecule has 19 heavy (non-hydrogen) atoms. The molecule has 7 heteroatoms. The molecule has 0 bridgehead atoms. The fourth-order valence-corrected chi connectivity index (χ4v) is 2.00. The van der Waals surface area contributed by atoms with E-state index in [-0.39, 0.29) is 19.0 Å². The van der Waals surface area contributed by atoms with Gasteiger partial charge in [0.1, 0.15) is 0 Å². The number of carbonyl (C=O) groups is 3. The van der Waals surface area contributed by atoms with Crippen molar-refractivity contribution in [3.63, 3.8) is 0 Å². The molecule has 2 amide bonds. The Bertz CT molecular complexity index is 445. The van der Waals surface area contributed by atoms with E-state index in [0.29, 0.717) is 11.3 Å². The molecular formula is C12H16N2O4S. The molecule has 0 saturated carbocycles. The highest BCUT2D eigenvalue weighted by Crippen LogP contribution is 2.07. The van der Waals surface area contributed by atoms with Gasteiger partial charge in [-0.15, -0.1) is 11.3 Å². The van der Waals surface area contributed by atoms with Crippen molar-refractivity contribution in [1.82, 2.24) is 10.6 Å². The van der Waals surface area contributed by atoms with Crippen LogP contribution in [0.15, 0.2) is 17.5 Å². The van der Waals surface area contributed by atoms with Crippen LogP contribution >= 0.6 is 11.3 Å². The first-order chi connectivity index (χ1) is 9.04. The van der Waals surface area contributed by atoms with Gasteiger partial charge in [0.25, 0.3) is 5.91 Å². The molecule has 104 valence electrons. The molecule has 1 aromatic heterocycles. The number of carboxylic acid groups (broad SMARTS) is 1. The van der Waals surface area contributed by atoms with Crippen LogP contribution in [0.3, 0.4) is 0 Å². The SMILES string of the molecule is CCC(CNC(=O)CNC(=O)c1cccs1)C(=O)O. The Hall–Kier alpha value is -1.89. The number of amides is 2. The Morgan fingerprint density at radius 1 is 1.37 bits per heavy atom. The lowest BCUT2D eigenvalue weighted by molar-refractivity contribution is -0.141. The van der Waals surface area contributed by atoms with Crippen LogP contribution in [0.5, 0.6) is 0 Å². The van der Waals surface area contributed by atoms with E-state index in [4.69, 9.17) is 5.11 Å². The maximum absolute atomic E-state index is 11.5. The predicted octanol–water partition coefficient (Wildman–Crippen LogP) is 0.705. The quantitative estimate of drug-likeness (QED) is 0.687. The van der Waals surface area contributed by atoms with Crippen molar-refractivity contribution in [3.8, 4) is 0 Å². The number of aliphatic carboxylic acids is 1. The van der Waals surface area contributed by atoms with Crippen molar-refractivity contribution in [2.75, 3.05) is 13.1 Å². The molecule has 0 spiro atoms. The van der Waals surface area contributed by atoms with Crippen LogP contribution in [0.1, 0.15) is 23.0 Å². The van der Waals surface area contributed by atoms with Gasteiger partial charge in [0.05, 0.1) is 17.3 Å². The molecule has 1 aromatic rings. The molecule has 1 unspecified atom stereocenters. The van der Waals surface area contributed by atoms with Gasteiger partial charge in [0, 0.05) is 6.54 Å². The number of rotatable bonds is 7. The van der Waals surface area contributed by atoms with Crippen molar-refractivity contribution in [2.45, 2.75) is 13.3 Å². The molecule has 0 radical (unpaired) electrons. The highest BCUT2D eigenvalue weighted by atomic mass is 32.1. The Morgan fingerprint density at radius 3 is 2.63 bits per heavy atom. The van der Waals surface area contributed by atoms with Crippen LogP contribution < -0.4 is 10.6 Å². The van der Waals surface area contributed by atoms with Gasteiger partial charge in [0.15, 0.2) is 0 Å². The number of hydrogen-bond donors (Lipinski definition) is 3. The van der Waals surface area contributed by atoms with E-state index in [0.717, 1.165) is 0 Å². The van der Waals surface area contributed by atoms with Gasteiger partial charge in [-0.05, 0) is 17.9 Å². The van der Waals surface area contributed by atoms with Crippen molar-refractivity contribution < 1.29 is 19.5 Å². The second-order valence-electron chi connectivity index (χ2n) is 3.91. The maximum Gasteiger partial charge on any atom is 0.308 e. The van der Waals surface area contributed by atoms with Gasteiger partial charge in [-0.25, -0.2) is 0 Å². The Kier molecular flexibility index (Phi) is 6.01. The molecule has 3 N–H and O–H groups in total. The summed E-state index contributed by atoms with van der Waals surface area (Å²) in [5, 5.41) is 15.5. The maximum atomic E-state index is 11.5. The van der Waals surface area contributed by atoms with Crippen molar-refractivity contribution >= 4 is 29.1 Å². The molecule has 0 aliphatic carbocycles.